The van der Waals surface area contributed by atoms with Gasteiger partial charge in [-0.2, -0.15) is 0 Å². The van der Waals surface area contributed by atoms with Crippen molar-refractivity contribution >= 4 is 5.78 Å². The molecular formula is C12H18O. The lowest BCUT2D eigenvalue weighted by molar-refractivity contribution is -0.113. The largest absolute Gasteiger partial charge is 0.295 e. The maximum Gasteiger partial charge on any atom is 0.156 e. The fraction of sp³-hybridized carbons (Fsp3) is 0.583. The summed E-state index contributed by atoms with van der Waals surface area (Å²) in [5.41, 5.74) is 4.96. The molecule has 0 aliphatic heterocycles. The van der Waals surface area contributed by atoms with Crippen LogP contribution < -0.4 is 0 Å². The predicted molar refractivity (Wildman–Crippen MR) is 55.5 cm³/mol. The van der Waals surface area contributed by atoms with Crippen LogP contribution in [0.1, 0.15) is 41.0 Å². The van der Waals surface area contributed by atoms with Crippen LogP contribution in [-0.4, -0.2) is 5.78 Å². The molecule has 13 heavy (non-hydrogen) atoms. The lowest BCUT2D eigenvalue weighted by Crippen LogP contribution is -2.13. The average Bonchev–Trinajstić information content (AvgIpc) is 2.07. The number of carbonyl (C=O) groups excluding carboxylic acids is 1. The predicted octanol–water partition coefficient (Wildman–Crippen LogP) is 3.27. The van der Waals surface area contributed by atoms with Crippen molar-refractivity contribution < 1.29 is 4.79 Å². The van der Waals surface area contributed by atoms with Gasteiger partial charge < -0.3 is 0 Å². The van der Waals surface area contributed by atoms with E-state index in [4.69, 9.17) is 0 Å². The van der Waals surface area contributed by atoms with E-state index in [9.17, 15) is 4.79 Å². The number of carbonyl (C=O) groups is 1. The Labute approximate surface area is 80.5 Å². The number of ketones is 1. The van der Waals surface area contributed by atoms with E-state index in [1.54, 1.807) is 6.92 Å². The zero-order valence-electron chi connectivity index (χ0n) is 9.19. The Morgan fingerprint density at radius 2 is 1.77 bits per heavy atom. The van der Waals surface area contributed by atoms with E-state index >= 15 is 0 Å². The Hall–Kier alpha value is -0.850. The summed E-state index contributed by atoms with van der Waals surface area (Å²) in [5.74, 6) is 0.763. The zero-order chi connectivity index (χ0) is 10.2. The molecule has 0 aromatic rings. The van der Waals surface area contributed by atoms with Gasteiger partial charge in [0.25, 0.3) is 0 Å². The van der Waals surface area contributed by atoms with Gasteiger partial charge in [-0.15, -0.1) is 0 Å². The lowest BCUT2D eigenvalue weighted by Gasteiger charge is -2.24. The molecule has 0 radical (unpaired) electrons. The summed E-state index contributed by atoms with van der Waals surface area (Å²) in [7, 11) is 0. The second kappa shape index (κ2) is 3.49. The Kier molecular flexibility index (Phi) is 2.74. The maximum atomic E-state index is 11.3. The number of rotatable bonds is 1. The molecule has 0 aromatic carbocycles. The van der Waals surface area contributed by atoms with Crippen LogP contribution in [0.25, 0.3) is 0 Å². The van der Waals surface area contributed by atoms with Crippen LogP contribution in [0.4, 0.5) is 0 Å². The van der Waals surface area contributed by atoms with Crippen molar-refractivity contribution in [1.82, 2.24) is 0 Å². The van der Waals surface area contributed by atoms with E-state index < -0.39 is 0 Å². The van der Waals surface area contributed by atoms with E-state index in [2.05, 4.69) is 27.7 Å². The molecule has 1 rings (SSSR count). The average molecular weight is 178 g/mol. The standard InChI is InChI=1S/C12H18O/c1-7-6-12(11(5)13)10(4)9(3)8(7)2/h7H,6H2,1-5H3. The molecule has 0 aromatic heterocycles. The van der Waals surface area contributed by atoms with Gasteiger partial charge in [-0.25, -0.2) is 0 Å². The van der Waals surface area contributed by atoms with Gasteiger partial charge in [0.2, 0.25) is 0 Å². The van der Waals surface area contributed by atoms with Gasteiger partial charge in [0.15, 0.2) is 5.78 Å². The van der Waals surface area contributed by atoms with Crippen LogP contribution in [0, 0.1) is 5.92 Å². The minimum Gasteiger partial charge on any atom is -0.295 e. The summed E-state index contributed by atoms with van der Waals surface area (Å²) < 4.78 is 0. The van der Waals surface area contributed by atoms with Gasteiger partial charge in [0.05, 0.1) is 0 Å². The van der Waals surface area contributed by atoms with Crippen LogP contribution in [0.15, 0.2) is 22.3 Å². The van der Waals surface area contributed by atoms with Crippen molar-refractivity contribution in [2.75, 3.05) is 0 Å². The molecule has 1 aliphatic rings. The van der Waals surface area contributed by atoms with Crippen molar-refractivity contribution in [2.45, 2.75) is 41.0 Å². The van der Waals surface area contributed by atoms with E-state index in [-0.39, 0.29) is 5.78 Å². The molecule has 0 amide bonds. The van der Waals surface area contributed by atoms with Crippen molar-refractivity contribution in [1.29, 1.82) is 0 Å². The molecular weight excluding hydrogens is 160 g/mol. The highest BCUT2D eigenvalue weighted by Gasteiger charge is 2.21. The molecule has 0 heterocycles. The van der Waals surface area contributed by atoms with Gasteiger partial charge in [-0.1, -0.05) is 12.5 Å². The maximum absolute atomic E-state index is 11.3. The van der Waals surface area contributed by atoms with E-state index in [0.29, 0.717) is 5.92 Å². The fourth-order valence-corrected chi connectivity index (χ4v) is 1.91. The van der Waals surface area contributed by atoms with Crippen molar-refractivity contribution in [3.05, 3.63) is 22.3 Å². The third-order valence-corrected chi connectivity index (χ3v) is 3.28. The highest BCUT2D eigenvalue weighted by atomic mass is 16.1. The Balaban J connectivity index is 3.18. The second-order valence-electron chi connectivity index (χ2n) is 4.07. The lowest BCUT2D eigenvalue weighted by atomic mass is 9.80. The van der Waals surface area contributed by atoms with Gasteiger partial charge >= 0.3 is 0 Å². The van der Waals surface area contributed by atoms with Crippen LogP contribution in [0.5, 0.6) is 0 Å². The van der Waals surface area contributed by atoms with E-state index in [0.717, 1.165) is 12.0 Å². The topological polar surface area (TPSA) is 17.1 Å². The number of hydrogen-bond donors (Lipinski definition) is 0. The Bertz CT molecular complexity index is 305. The second-order valence-corrected chi connectivity index (χ2v) is 4.07. The summed E-state index contributed by atoms with van der Waals surface area (Å²) in [6.07, 6.45) is 0.921. The summed E-state index contributed by atoms with van der Waals surface area (Å²) in [6.45, 7) is 10.2. The minimum atomic E-state index is 0.233. The first-order valence-corrected chi connectivity index (χ1v) is 4.83. The highest BCUT2D eigenvalue weighted by Crippen LogP contribution is 2.33. The summed E-state index contributed by atoms with van der Waals surface area (Å²) in [4.78, 5) is 11.3. The Morgan fingerprint density at radius 1 is 1.23 bits per heavy atom. The molecule has 1 nitrogen and oxygen atoms in total. The number of Topliss-reactive ketones (excluding diaryl/α,β-unsaturated/α-hetero) is 1. The van der Waals surface area contributed by atoms with Gasteiger partial charge in [0, 0.05) is 0 Å². The normalized spacial score (nSPS) is 23.9. The van der Waals surface area contributed by atoms with Gasteiger partial charge in [0.1, 0.15) is 0 Å². The first-order valence-electron chi connectivity index (χ1n) is 4.83. The van der Waals surface area contributed by atoms with E-state index in [1.165, 1.54) is 16.7 Å². The summed E-state index contributed by atoms with van der Waals surface area (Å²) in [5, 5.41) is 0. The SMILES string of the molecule is CC(=O)C1=C(C)C(C)=C(C)C(C)C1. The molecule has 0 saturated carbocycles. The Morgan fingerprint density at radius 3 is 2.23 bits per heavy atom. The molecule has 1 atom stereocenters. The zero-order valence-corrected chi connectivity index (χ0v) is 9.19. The molecule has 1 aliphatic carbocycles. The molecule has 0 saturated heterocycles. The number of allylic oxidation sites excluding steroid dienone is 4. The minimum absolute atomic E-state index is 0.233. The monoisotopic (exact) mass is 178 g/mol. The van der Waals surface area contributed by atoms with Crippen LogP contribution in [-0.2, 0) is 4.79 Å². The summed E-state index contributed by atoms with van der Waals surface area (Å²) in [6, 6.07) is 0. The van der Waals surface area contributed by atoms with Crippen molar-refractivity contribution in [2.24, 2.45) is 5.92 Å². The van der Waals surface area contributed by atoms with Crippen LogP contribution >= 0.6 is 0 Å². The first-order chi connectivity index (χ1) is 5.95. The third-order valence-electron chi connectivity index (χ3n) is 3.28. The molecule has 0 fully saturated rings. The molecule has 1 unspecified atom stereocenters. The molecule has 1 heteroatoms. The number of hydrogen-bond acceptors (Lipinski definition) is 1. The van der Waals surface area contributed by atoms with Crippen LogP contribution in [0.2, 0.25) is 0 Å². The molecule has 72 valence electrons. The molecule has 0 bridgehead atoms. The quantitative estimate of drug-likeness (QED) is 0.602. The van der Waals surface area contributed by atoms with Crippen LogP contribution in [0.3, 0.4) is 0 Å². The van der Waals surface area contributed by atoms with Gasteiger partial charge in [-0.3, -0.25) is 4.79 Å². The smallest absolute Gasteiger partial charge is 0.156 e. The van der Waals surface area contributed by atoms with Crippen molar-refractivity contribution in [3.63, 3.8) is 0 Å². The molecule has 0 N–H and O–H groups in total. The molecule has 0 spiro atoms. The van der Waals surface area contributed by atoms with Gasteiger partial charge in [-0.05, 0) is 56.8 Å². The first kappa shape index (κ1) is 10.2. The fourth-order valence-electron chi connectivity index (χ4n) is 1.91. The highest BCUT2D eigenvalue weighted by molar-refractivity contribution is 5.95. The van der Waals surface area contributed by atoms with E-state index in [1.807, 2.05) is 0 Å². The summed E-state index contributed by atoms with van der Waals surface area (Å²) >= 11 is 0. The third kappa shape index (κ3) is 1.74. The van der Waals surface area contributed by atoms with Crippen molar-refractivity contribution in [3.8, 4) is 0 Å².